The number of nitriles is 1. The van der Waals surface area contributed by atoms with Crippen molar-refractivity contribution in [2.45, 2.75) is 95.8 Å². The van der Waals surface area contributed by atoms with Crippen LogP contribution < -0.4 is 5.32 Å². The summed E-state index contributed by atoms with van der Waals surface area (Å²) in [5.41, 5.74) is 14.3. The number of rotatable bonds is 5. The molecule has 10 rings (SSSR count). The molecule has 1 aromatic heterocycles. The van der Waals surface area contributed by atoms with Gasteiger partial charge in [-0.25, -0.2) is 0 Å². The number of fused-ring (bicyclic) bond motifs is 5. The van der Waals surface area contributed by atoms with E-state index in [-0.39, 0.29) is 12.3 Å². The van der Waals surface area contributed by atoms with Crippen LogP contribution in [0.2, 0.25) is 0 Å². The summed E-state index contributed by atoms with van der Waals surface area (Å²) in [4.78, 5) is 7.79. The third kappa shape index (κ3) is 5.28. The molecule has 0 amide bonds. The lowest BCUT2D eigenvalue weighted by Crippen LogP contribution is -2.42. The summed E-state index contributed by atoms with van der Waals surface area (Å²) >= 11 is 0. The second-order valence-corrected chi connectivity index (χ2v) is 16.0. The summed E-state index contributed by atoms with van der Waals surface area (Å²) < 4.78 is 2.63. The van der Waals surface area contributed by atoms with Gasteiger partial charge in [0.25, 0.3) is 0 Å². The van der Waals surface area contributed by atoms with Crippen molar-refractivity contribution in [2.24, 2.45) is 28.7 Å². The fraction of sp³-hybridized carbons (Fsp3) is 0.404. The smallest absolute Gasteiger partial charge is 0.136 e. The van der Waals surface area contributed by atoms with Crippen molar-refractivity contribution in [3.63, 3.8) is 0 Å². The standard InChI is InChI=1S/C47H49N5/c48-30-31-13-11-14-32(27-31)34-15-1-3-17-36(34)37-18-4-2-16-35(37)33-28-45(51-42-23-8-5-19-38(42)39-20-6-9-24-43(39)51)50-46(29-33)52-44-25-10-7-21-40(44)41-22-12-26-49-47(41)52/h1,3-4,8-9,11-14,18,22-24,26,28-29,32,34,36,41,45,47,50H,2,5-7,10,15-17,19-21,25,27H2. The van der Waals surface area contributed by atoms with Crippen molar-refractivity contribution in [3.05, 3.63) is 141 Å². The third-order valence-electron chi connectivity index (χ3n) is 13.3. The molecule has 0 saturated carbocycles. The Morgan fingerprint density at radius 1 is 0.827 bits per heavy atom. The summed E-state index contributed by atoms with van der Waals surface area (Å²) in [6.07, 6.45) is 51.9. The van der Waals surface area contributed by atoms with Gasteiger partial charge in [-0.3, -0.25) is 4.99 Å². The predicted octanol–water partition coefficient (Wildman–Crippen LogP) is 10.3. The Kier molecular flexibility index (Phi) is 8.16. The minimum atomic E-state index is -0.0147. The van der Waals surface area contributed by atoms with Crippen LogP contribution >= 0.6 is 0 Å². The van der Waals surface area contributed by atoms with E-state index >= 15 is 0 Å². The van der Waals surface area contributed by atoms with E-state index in [1.54, 1.807) is 16.7 Å². The van der Waals surface area contributed by atoms with E-state index < -0.39 is 0 Å². The molecule has 0 fully saturated rings. The highest BCUT2D eigenvalue weighted by Gasteiger charge is 2.43. The Hall–Kier alpha value is -4.82. The summed E-state index contributed by atoms with van der Waals surface area (Å²) in [6, 6.07) is 2.47. The maximum Gasteiger partial charge on any atom is 0.136 e. The number of aliphatic imine (C=N–C) groups is 1. The number of nitrogens with one attached hydrogen (secondary N) is 1. The summed E-state index contributed by atoms with van der Waals surface area (Å²) in [7, 11) is 0. The van der Waals surface area contributed by atoms with Crippen molar-refractivity contribution in [3.8, 4) is 6.07 Å². The van der Waals surface area contributed by atoms with Crippen molar-refractivity contribution in [2.75, 3.05) is 0 Å². The first-order chi connectivity index (χ1) is 25.8. The van der Waals surface area contributed by atoms with Gasteiger partial charge >= 0.3 is 0 Å². The van der Waals surface area contributed by atoms with E-state index in [9.17, 15) is 5.26 Å². The quantitative estimate of drug-likeness (QED) is 0.314. The molecule has 5 heteroatoms. The maximum absolute atomic E-state index is 9.81. The van der Waals surface area contributed by atoms with Gasteiger partial charge in [0.05, 0.1) is 6.07 Å². The summed E-state index contributed by atoms with van der Waals surface area (Å²) in [5, 5.41) is 14.0. The molecular weight excluding hydrogens is 635 g/mol. The molecule has 9 aliphatic rings. The fourth-order valence-corrected chi connectivity index (χ4v) is 11.0. The molecular formula is C47H49N5. The summed E-state index contributed by atoms with van der Waals surface area (Å²) in [6.45, 7) is 0. The van der Waals surface area contributed by atoms with E-state index in [4.69, 9.17) is 4.99 Å². The molecule has 0 radical (unpaired) electrons. The Morgan fingerprint density at radius 2 is 1.62 bits per heavy atom. The first-order valence-corrected chi connectivity index (χ1v) is 20.1. The van der Waals surface area contributed by atoms with E-state index in [1.807, 2.05) is 12.3 Å². The summed E-state index contributed by atoms with van der Waals surface area (Å²) in [5.74, 6) is 2.83. The highest BCUT2D eigenvalue weighted by molar-refractivity contribution is 5.73. The van der Waals surface area contributed by atoms with Crippen LogP contribution in [-0.4, -0.2) is 21.8 Å². The van der Waals surface area contributed by atoms with E-state index in [2.05, 4.69) is 106 Å². The molecule has 1 aromatic rings. The molecule has 6 aliphatic carbocycles. The van der Waals surface area contributed by atoms with Crippen molar-refractivity contribution < 1.29 is 0 Å². The van der Waals surface area contributed by atoms with Crippen LogP contribution in [0, 0.1) is 35.0 Å². The highest BCUT2D eigenvalue weighted by atomic mass is 15.4. The molecule has 1 N–H and O–H groups in total. The topological polar surface area (TPSA) is 56.4 Å². The molecule has 6 atom stereocenters. The Bertz CT molecular complexity index is 2060. The molecule has 52 heavy (non-hydrogen) atoms. The molecule has 0 aromatic carbocycles. The third-order valence-corrected chi connectivity index (χ3v) is 13.3. The van der Waals surface area contributed by atoms with E-state index in [1.165, 1.54) is 58.9 Å². The van der Waals surface area contributed by atoms with Gasteiger partial charge in [0.15, 0.2) is 0 Å². The van der Waals surface area contributed by atoms with Gasteiger partial charge in [-0.15, -0.1) is 0 Å². The van der Waals surface area contributed by atoms with Gasteiger partial charge in [-0.05, 0) is 171 Å². The minimum Gasteiger partial charge on any atom is -0.348 e. The molecule has 0 bridgehead atoms. The van der Waals surface area contributed by atoms with Gasteiger partial charge in [-0.2, -0.15) is 5.26 Å². The normalized spacial score (nSPS) is 31.4. The number of dihydropyridines is 2. The molecule has 6 unspecified atom stereocenters. The van der Waals surface area contributed by atoms with Crippen LogP contribution in [0.5, 0.6) is 0 Å². The fourth-order valence-electron chi connectivity index (χ4n) is 11.0. The van der Waals surface area contributed by atoms with Crippen LogP contribution in [-0.2, 0) is 12.8 Å². The molecule has 3 aliphatic heterocycles. The Labute approximate surface area is 309 Å². The van der Waals surface area contributed by atoms with E-state index in [0.29, 0.717) is 23.7 Å². The number of nitrogens with zero attached hydrogens (tertiary/aromatic N) is 4. The minimum absolute atomic E-state index is 0.0147. The Morgan fingerprint density at radius 3 is 2.46 bits per heavy atom. The second-order valence-electron chi connectivity index (χ2n) is 16.0. The maximum atomic E-state index is 9.81. The van der Waals surface area contributed by atoms with Gasteiger partial charge in [0.2, 0.25) is 0 Å². The molecule has 0 saturated heterocycles. The van der Waals surface area contributed by atoms with Crippen LogP contribution in [0.25, 0.3) is 12.2 Å². The van der Waals surface area contributed by atoms with Crippen LogP contribution in [0.1, 0.15) is 99.3 Å². The molecule has 4 heterocycles. The largest absolute Gasteiger partial charge is 0.348 e. The molecule has 0 spiro atoms. The lowest BCUT2D eigenvalue weighted by atomic mass is 9.67. The van der Waals surface area contributed by atoms with E-state index in [0.717, 1.165) is 69.8 Å². The zero-order chi connectivity index (χ0) is 34.6. The number of aromatic nitrogens is 1. The number of allylic oxidation sites excluding steroid dienone is 16. The number of hydrogen-bond acceptors (Lipinski definition) is 4. The van der Waals surface area contributed by atoms with Gasteiger partial charge in [-0.1, -0.05) is 54.7 Å². The average molecular weight is 684 g/mol. The Balaban J connectivity index is 1.13. The van der Waals surface area contributed by atoms with Crippen LogP contribution in [0.3, 0.4) is 0 Å². The first kappa shape index (κ1) is 31.9. The average Bonchev–Trinajstić information content (AvgIpc) is 3.74. The first-order valence-electron chi connectivity index (χ1n) is 20.1. The number of hydrogen-bond donors (Lipinski definition) is 1. The van der Waals surface area contributed by atoms with Crippen molar-refractivity contribution >= 4 is 18.4 Å². The lowest BCUT2D eigenvalue weighted by molar-refractivity contribution is 0.277. The molecule has 262 valence electrons. The van der Waals surface area contributed by atoms with Crippen LogP contribution in [0.15, 0.2) is 123 Å². The van der Waals surface area contributed by atoms with Crippen molar-refractivity contribution in [1.29, 1.82) is 5.26 Å². The zero-order valence-corrected chi connectivity index (χ0v) is 30.2. The van der Waals surface area contributed by atoms with Crippen molar-refractivity contribution in [1.82, 2.24) is 14.8 Å². The van der Waals surface area contributed by atoms with Crippen LogP contribution in [0.4, 0.5) is 0 Å². The van der Waals surface area contributed by atoms with Gasteiger partial charge in [0, 0.05) is 34.8 Å². The lowest BCUT2D eigenvalue weighted by Gasteiger charge is -2.39. The predicted molar refractivity (Wildman–Crippen MR) is 211 cm³/mol. The highest BCUT2D eigenvalue weighted by Crippen LogP contribution is 2.49. The SMILES string of the molecule is N#CC1=CC=CC(C2CC=CCC2C2=C(C3=CC(n4c5c(c6c4C=CCC6)CCC=C5)NC(N4C5=C(CCCC5)C5C=CC=NC54)=C3)CCC=C2)C1. The molecule has 5 nitrogen and oxygen atoms in total. The zero-order valence-electron chi connectivity index (χ0n) is 30.2. The van der Waals surface area contributed by atoms with Gasteiger partial charge in [0.1, 0.15) is 18.2 Å². The van der Waals surface area contributed by atoms with Gasteiger partial charge < -0.3 is 14.8 Å². The second kappa shape index (κ2) is 13.3. The monoisotopic (exact) mass is 683 g/mol.